The molecule has 0 aliphatic heterocycles. The van der Waals surface area contributed by atoms with Crippen LogP contribution in [0.2, 0.25) is 0 Å². The number of hydrogen-bond donors (Lipinski definition) is 2. The topological polar surface area (TPSA) is 68.2 Å². The van der Waals surface area contributed by atoms with Crippen LogP contribution in [0.5, 0.6) is 28.7 Å². The average molecular weight is 481 g/mol. The normalized spacial score (nSPS) is 11.1. The van der Waals surface area contributed by atoms with E-state index in [1.54, 1.807) is 0 Å². The quantitative estimate of drug-likeness (QED) is 0.128. The van der Waals surface area contributed by atoms with Gasteiger partial charge in [-0.05, 0) is 25.7 Å². The zero-order valence-corrected chi connectivity index (χ0v) is 22.6. The lowest BCUT2D eigenvalue weighted by molar-refractivity contribution is 0.223. The van der Waals surface area contributed by atoms with Crippen molar-refractivity contribution in [1.82, 2.24) is 0 Å². The summed E-state index contributed by atoms with van der Waals surface area (Å²) in [7, 11) is 0. The average Bonchev–Trinajstić information content (AvgIpc) is 2.84. The highest BCUT2D eigenvalue weighted by Crippen LogP contribution is 2.53. The van der Waals surface area contributed by atoms with E-state index in [9.17, 15) is 10.2 Å². The third kappa shape index (κ3) is 11.1. The summed E-state index contributed by atoms with van der Waals surface area (Å²) in [6.07, 6.45) is 17.5. The van der Waals surface area contributed by atoms with Crippen LogP contribution in [0.25, 0.3) is 0 Å². The maximum Gasteiger partial charge on any atom is 0.211 e. The van der Waals surface area contributed by atoms with Crippen molar-refractivity contribution < 1.29 is 24.4 Å². The summed E-state index contributed by atoms with van der Waals surface area (Å²) in [6, 6.07) is 0. The van der Waals surface area contributed by atoms with E-state index < -0.39 is 0 Å². The first kappa shape index (κ1) is 30.3. The molecule has 0 aliphatic rings. The van der Waals surface area contributed by atoms with Gasteiger partial charge < -0.3 is 24.4 Å². The molecule has 5 heteroatoms. The maximum absolute atomic E-state index is 10.8. The monoisotopic (exact) mass is 480 g/mol. The van der Waals surface area contributed by atoms with Crippen molar-refractivity contribution in [2.75, 3.05) is 19.8 Å². The molecule has 0 amide bonds. The number of ether oxygens (including phenoxy) is 3. The molecular formula is C29H52O5. The Bertz CT molecular complexity index is 644. The van der Waals surface area contributed by atoms with Crippen LogP contribution in [0.3, 0.4) is 0 Å². The standard InChI is InChI=1S/C29H52O5/c1-5-9-12-15-18-21-32-27-24(8-4)25(30)26(31)28(33-22-19-16-13-10-6-2)29(27)34-23-20-17-14-11-7-3/h30-31H,5-23H2,1-4H3. The van der Waals surface area contributed by atoms with Crippen LogP contribution in [0.1, 0.15) is 130 Å². The molecule has 0 fully saturated rings. The predicted octanol–water partition coefficient (Wildman–Crippen LogP) is 8.71. The molecule has 0 bridgehead atoms. The molecule has 0 saturated heterocycles. The molecule has 198 valence electrons. The Morgan fingerprint density at radius 2 is 0.824 bits per heavy atom. The Morgan fingerprint density at radius 3 is 1.24 bits per heavy atom. The van der Waals surface area contributed by atoms with Crippen LogP contribution in [-0.2, 0) is 6.42 Å². The molecule has 2 N–H and O–H groups in total. The van der Waals surface area contributed by atoms with Gasteiger partial charge in [0.05, 0.1) is 19.8 Å². The zero-order valence-electron chi connectivity index (χ0n) is 22.6. The molecular weight excluding hydrogens is 428 g/mol. The molecule has 0 spiro atoms. The third-order valence-electron chi connectivity index (χ3n) is 6.25. The maximum atomic E-state index is 10.8. The summed E-state index contributed by atoms with van der Waals surface area (Å²) in [4.78, 5) is 0. The fraction of sp³-hybridized carbons (Fsp3) is 0.793. The number of rotatable bonds is 22. The molecule has 0 heterocycles. The highest BCUT2D eigenvalue weighted by atomic mass is 16.5. The van der Waals surface area contributed by atoms with Crippen LogP contribution in [0, 0.1) is 0 Å². The molecule has 5 nitrogen and oxygen atoms in total. The number of hydrogen-bond acceptors (Lipinski definition) is 5. The van der Waals surface area contributed by atoms with Crippen LogP contribution in [0.4, 0.5) is 0 Å². The van der Waals surface area contributed by atoms with Gasteiger partial charge in [0.15, 0.2) is 11.5 Å². The van der Waals surface area contributed by atoms with Crippen LogP contribution >= 0.6 is 0 Å². The van der Waals surface area contributed by atoms with E-state index in [0.717, 1.165) is 38.5 Å². The summed E-state index contributed by atoms with van der Waals surface area (Å²) in [6.45, 7) is 10.1. The van der Waals surface area contributed by atoms with Crippen molar-refractivity contribution in [1.29, 1.82) is 0 Å². The molecule has 0 aliphatic carbocycles. The first-order valence-electron chi connectivity index (χ1n) is 14.1. The Kier molecular flexibility index (Phi) is 17.4. The summed E-state index contributed by atoms with van der Waals surface area (Å²) >= 11 is 0. The van der Waals surface area contributed by atoms with Crippen molar-refractivity contribution in [3.63, 3.8) is 0 Å². The predicted molar refractivity (Wildman–Crippen MR) is 142 cm³/mol. The number of aromatic hydroxyl groups is 2. The summed E-state index contributed by atoms with van der Waals surface area (Å²) in [5.74, 6) is 0.814. The number of phenols is 2. The highest BCUT2D eigenvalue weighted by Gasteiger charge is 2.27. The van der Waals surface area contributed by atoms with Gasteiger partial charge in [-0.2, -0.15) is 0 Å². The minimum Gasteiger partial charge on any atom is -0.504 e. The van der Waals surface area contributed by atoms with Gasteiger partial charge in [0.2, 0.25) is 17.2 Å². The van der Waals surface area contributed by atoms with Crippen molar-refractivity contribution >= 4 is 0 Å². The zero-order chi connectivity index (χ0) is 25.0. The van der Waals surface area contributed by atoms with E-state index in [2.05, 4.69) is 20.8 Å². The van der Waals surface area contributed by atoms with Gasteiger partial charge in [-0.25, -0.2) is 0 Å². The number of unbranched alkanes of at least 4 members (excludes halogenated alkanes) is 12. The lowest BCUT2D eigenvalue weighted by atomic mass is 10.1. The fourth-order valence-corrected chi connectivity index (χ4v) is 4.09. The lowest BCUT2D eigenvalue weighted by Crippen LogP contribution is -2.08. The van der Waals surface area contributed by atoms with Crippen LogP contribution in [-0.4, -0.2) is 30.0 Å². The summed E-state index contributed by atoms with van der Waals surface area (Å²) < 4.78 is 18.4. The van der Waals surface area contributed by atoms with Crippen molar-refractivity contribution in [2.45, 2.75) is 130 Å². The van der Waals surface area contributed by atoms with Gasteiger partial charge in [0.1, 0.15) is 0 Å². The molecule has 0 aromatic heterocycles. The first-order chi connectivity index (χ1) is 16.6. The first-order valence-corrected chi connectivity index (χ1v) is 14.1. The van der Waals surface area contributed by atoms with Gasteiger partial charge in [-0.1, -0.05) is 105 Å². The Labute approximate surface area is 209 Å². The second-order valence-corrected chi connectivity index (χ2v) is 9.30. The van der Waals surface area contributed by atoms with Gasteiger partial charge >= 0.3 is 0 Å². The fourth-order valence-electron chi connectivity index (χ4n) is 4.09. The largest absolute Gasteiger partial charge is 0.504 e. The SMILES string of the molecule is CCCCCCCOc1c(O)c(O)c(CC)c(OCCCCCCC)c1OCCCCCCC. The molecule has 1 aromatic carbocycles. The minimum atomic E-state index is -0.235. The second kappa shape index (κ2) is 19.5. The van der Waals surface area contributed by atoms with E-state index in [4.69, 9.17) is 14.2 Å². The van der Waals surface area contributed by atoms with E-state index in [1.807, 2.05) is 6.92 Å². The van der Waals surface area contributed by atoms with E-state index in [0.29, 0.717) is 43.3 Å². The molecule has 0 atom stereocenters. The smallest absolute Gasteiger partial charge is 0.211 e. The highest BCUT2D eigenvalue weighted by molar-refractivity contribution is 5.69. The summed E-state index contributed by atoms with van der Waals surface area (Å²) in [5, 5.41) is 21.5. The van der Waals surface area contributed by atoms with Gasteiger partial charge in [-0.3, -0.25) is 0 Å². The Balaban J connectivity index is 2.99. The number of phenolic OH excluding ortho intramolecular Hbond substituents is 2. The molecule has 0 unspecified atom stereocenters. The molecule has 0 radical (unpaired) electrons. The third-order valence-corrected chi connectivity index (χ3v) is 6.25. The Hall–Kier alpha value is -1.78. The van der Waals surface area contributed by atoms with E-state index in [-0.39, 0.29) is 17.2 Å². The Morgan fingerprint density at radius 1 is 0.441 bits per heavy atom. The van der Waals surface area contributed by atoms with Crippen LogP contribution < -0.4 is 14.2 Å². The molecule has 0 saturated carbocycles. The van der Waals surface area contributed by atoms with E-state index >= 15 is 0 Å². The lowest BCUT2D eigenvalue weighted by Gasteiger charge is -2.22. The molecule has 1 rings (SSSR count). The van der Waals surface area contributed by atoms with Crippen molar-refractivity contribution in [3.05, 3.63) is 5.56 Å². The van der Waals surface area contributed by atoms with E-state index in [1.165, 1.54) is 57.8 Å². The summed E-state index contributed by atoms with van der Waals surface area (Å²) in [5.41, 5.74) is 0.585. The van der Waals surface area contributed by atoms with Gasteiger partial charge in [0.25, 0.3) is 0 Å². The number of benzene rings is 1. The minimum absolute atomic E-state index is 0.153. The molecule has 34 heavy (non-hydrogen) atoms. The van der Waals surface area contributed by atoms with Crippen molar-refractivity contribution in [3.8, 4) is 28.7 Å². The molecule has 1 aromatic rings. The van der Waals surface area contributed by atoms with Gasteiger partial charge in [-0.15, -0.1) is 0 Å². The van der Waals surface area contributed by atoms with Gasteiger partial charge in [0, 0.05) is 5.56 Å². The van der Waals surface area contributed by atoms with Crippen molar-refractivity contribution in [2.24, 2.45) is 0 Å². The second-order valence-electron chi connectivity index (χ2n) is 9.30. The van der Waals surface area contributed by atoms with Crippen LogP contribution in [0.15, 0.2) is 0 Å².